The van der Waals surface area contributed by atoms with Crippen molar-refractivity contribution in [3.63, 3.8) is 0 Å². The first kappa shape index (κ1) is 26.5. The summed E-state index contributed by atoms with van der Waals surface area (Å²) < 4.78 is 14.0. The van der Waals surface area contributed by atoms with Crippen LogP contribution in [0, 0.1) is 5.82 Å². The first-order valence-corrected chi connectivity index (χ1v) is 13.1. The van der Waals surface area contributed by atoms with Gasteiger partial charge in [0, 0.05) is 24.8 Å². The van der Waals surface area contributed by atoms with E-state index in [1.807, 2.05) is 74.5 Å². The minimum Gasteiger partial charge on any atom is -0.352 e. The zero-order valence-corrected chi connectivity index (χ0v) is 21.1. The number of rotatable bonds is 12. The number of benzene rings is 3. The standard InChI is InChI=1S/C29H33FN2O2S/c1-3-22(2)31-29(34)27(18-23-12-6-4-7-13-23)32(19-24-14-8-5-9-15-24)28(33)21-35-20-25-16-10-11-17-26(25)30/h4-17,22,27H,3,18-21H2,1-2H3,(H,31,34)/t22-,27-/m1/s1. The van der Waals surface area contributed by atoms with Crippen molar-refractivity contribution < 1.29 is 14.0 Å². The second-order valence-electron chi connectivity index (χ2n) is 8.61. The number of nitrogens with one attached hydrogen (secondary N) is 1. The molecule has 2 atom stereocenters. The molecular formula is C29H33FN2O2S. The van der Waals surface area contributed by atoms with Gasteiger partial charge >= 0.3 is 0 Å². The van der Waals surface area contributed by atoms with Gasteiger partial charge in [-0.3, -0.25) is 9.59 Å². The number of carbonyl (C=O) groups is 2. The summed E-state index contributed by atoms with van der Waals surface area (Å²) in [6.45, 7) is 4.31. The molecule has 0 unspecified atom stereocenters. The van der Waals surface area contributed by atoms with E-state index in [-0.39, 0.29) is 29.4 Å². The van der Waals surface area contributed by atoms with Gasteiger partial charge in [0.25, 0.3) is 0 Å². The van der Waals surface area contributed by atoms with E-state index in [1.54, 1.807) is 23.1 Å². The molecule has 4 nitrogen and oxygen atoms in total. The van der Waals surface area contributed by atoms with Gasteiger partial charge in [-0.25, -0.2) is 4.39 Å². The minimum atomic E-state index is -0.659. The SMILES string of the molecule is CC[C@@H](C)NC(=O)[C@@H](Cc1ccccc1)N(Cc1ccccc1)C(=O)CSCc1ccccc1F. The van der Waals surface area contributed by atoms with E-state index in [0.717, 1.165) is 17.5 Å². The maximum atomic E-state index is 14.0. The number of amides is 2. The number of hydrogen-bond acceptors (Lipinski definition) is 3. The summed E-state index contributed by atoms with van der Waals surface area (Å²) in [5, 5.41) is 3.07. The van der Waals surface area contributed by atoms with Gasteiger partial charge in [0.15, 0.2) is 0 Å². The van der Waals surface area contributed by atoms with Crippen molar-refractivity contribution in [2.24, 2.45) is 0 Å². The lowest BCUT2D eigenvalue weighted by atomic mass is 10.0. The predicted molar refractivity (Wildman–Crippen MR) is 141 cm³/mol. The van der Waals surface area contributed by atoms with Gasteiger partial charge < -0.3 is 10.2 Å². The zero-order chi connectivity index (χ0) is 25.0. The molecule has 35 heavy (non-hydrogen) atoms. The van der Waals surface area contributed by atoms with E-state index in [2.05, 4.69) is 5.32 Å². The molecular weight excluding hydrogens is 459 g/mol. The highest BCUT2D eigenvalue weighted by Crippen LogP contribution is 2.20. The van der Waals surface area contributed by atoms with E-state index in [0.29, 0.717) is 24.3 Å². The Balaban J connectivity index is 1.84. The molecule has 0 fully saturated rings. The molecule has 0 saturated heterocycles. The lowest BCUT2D eigenvalue weighted by Gasteiger charge is -2.32. The summed E-state index contributed by atoms with van der Waals surface area (Å²) >= 11 is 1.36. The van der Waals surface area contributed by atoms with Crippen molar-refractivity contribution in [2.75, 3.05) is 5.75 Å². The molecule has 6 heteroatoms. The van der Waals surface area contributed by atoms with Crippen molar-refractivity contribution in [1.82, 2.24) is 10.2 Å². The molecule has 2 amide bonds. The van der Waals surface area contributed by atoms with Crippen LogP contribution in [0.4, 0.5) is 4.39 Å². The summed E-state index contributed by atoms with van der Waals surface area (Å²) in [6, 6.07) is 25.4. The summed E-state index contributed by atoms with van der Waals surface area (Å²) in [5.74, 6) is -0.0335. The fourth-order valence-corrected chi connectivity index (χ4v) is 4.62. The van der Waals surface area contributed by atoms with Crippen molar-refractivity contribution in [2.45, 2.75) is 51.1 Å². The third-order valence-electron chi connectivity index (χ3n) is 5.91. The summed E-state index contributed by atoms with van der Waals surface area (Å²) in [6.07, 6.45) is 1.22. The molecule has 0 heterocycles. The number of thioether (sulfide) groups is 1. The maximum absolute atomic E-state index is 14.0. The Bertz CT molecular complexity index is 1080. The molecule has 3 aromatic rings. The van der Waals surface area contributed by atoms with E-state index < -0.39 is 6.04 Å². The highest BCUT2D eigenvalue weighted by Gasteiger charge is 2.30. The Hall–Kier alpha value is -3.12. The lowest BCUT2D eigenvalue weighted by Crippen LogP contribution is -2.52. The third kappa shape index (κ3) is 8.25. The Kier molecular flexibility index (Phi) is 10.4. The minimum absolute atomic E-state index is 0.00452. The van der Waals surface area contributed by atoms with Crippen LogP contribution >= 0.6 is 11.8 Å². The Labute approximate surface area is 211 Å². The summed E-state index contributed by atoms with van der Waals surface area (Å²) in [7, 11) is 0. The van der Waals surface area contributed by atoms with Gasteiger partial charge in [0.05, 0.1) is 5.75 Å². The fraction of sp³-hybridized carbons (Fsp3) is 0.310. The predicted octanol–water partition coefficient (Wildman–Crippen LogP) is 5.61. The second kappa shape index (κ2) is 13.7. The monoisotopic (exact) mass is 492 g/mol. The first-order valence-electron chi connectivity index (χ1n) is 12.0. The lowest BCUT2D eigenvalue weighted by molar-refractivity contribution is -0.139. The molecule has 1 N–H and O–H groups in total. The van der Waals surface area contributed by atoms with Crippen LogP contribution in [-0.4, -0.2) is 34.6 Å². The number of carbonyl (C=O) groups excluding carboxylic acids is 2. The molecule has 3 aromatic carbocycles. The molecule has 0 aromatic heterocycles. The van der Waals surface area contributed by atoms with E-state index in [9.17, 15) is 14.0 Å². The third-order valence-corrected chi connectivity index (χ3v) is 6.88. The molecule has 0 radical (unpaired) electrons. The Morgan fingerprint density at radius 2 is 1.51 bits per heavy atom. The molecule has 3 rings (SSSR count). The molecule has 0 aliphatic heterocycles. The van der Waals surface area contributed by atoms with Crippen LogP contribution in [0.15, 0.2) is 84.9 Å². The highest BCUT2D eigenvalue weighted by atomic mass is 32.2. The van der Waals surface area contributed by atoms with Gasteiger partial charge in [-0.1, -0.05) is 85.8 Å². The quantitative estimate of drug-likeness (QED) is 0.357. The number of nitrogens with zero attached hydrogens (tertiary/aromatic N) is 1. The van der Waals surface area contributed by atoms with E-state index in [4.69, 9.17) is 0 Å². The Morgan fingerprint density at radius 1 is 0.914 bits per heavy atom. The normalized spacial score (nSPS) is 12.5. The molecule has 0 bridgehead atoms. The zero-order valence-electron chi connectivity index (χ0n) is 20.3. The second-order valence-corrected chi connectivity index (χ2v) is 9.60. The van der Waals surface area contributed by atoms with Gasteiger partial charge in [-0.2, -0.15) is 0 Å². The van der Waals surface area contributed by atoms with Crippen LogP contribution in [0.25, 0.3) is 0 Å². The maximum Gasteiger partial charge on any atom is 0.243 e. The van der Waals surface area contributed by atoms with E-state index >= 15 is 0 Å². The number of hydrogen-bond donors (Lipinski definition) is 1. The van der Waals surface area contributed by atoms with Crippen LogP contribution in [0.3, 0.4) is 0 Å². The topological polar surface area (TPSA) is 49.4 Å². The molecule has 0 saturated carbocycles. The summed E-state index contributed by atoms with van der Waals surface area (Å²) in [5.41, 5.74) is 2.51. The number of halogens is 1. The van der Waals surface area contributed by atoms with Gasteiger partial charge in [0.1, 0.15) is 11.9 Å². The van der Waals surface area contributed by atoms with Crippen molar-refractivity contribution >= 4 is 23.6 Å². The largest absolute Gasteiger partial charge is 0.352 e. The summed E-state index contributed by atoms with van der Waals surface area (Å²) in [4.78, 5) is 28.7. The fourth-order valence-electron chi connectivity index (χ4n) is 3.72. The van der Waals surface area contributed by atoms with Crippen molar-refractivity contribution in [3.8, 4) is 0 Å². The van der Waals surface area contributed by atoms with E-state index in [1.165, 1.54) is 17.8 Å². The van der Waals surface area contributed by atoms with Gasteiger partial charge in [0.2, 0.25) is 11.8 Å². The smallest absolute Gasteiger partial charge is 0.243 e. The Morgan fingerprint density at radius 3 is 2.14 bits per heavy atom. The molecule has 184 valence electrons. The van der Waals surface area contributed by atoms with Crippen molar-refractivity contribution in [1.29, 1.82) is 0 Å². The molecule has 0 aliphatic rings. The van der Waals surface area contributed by atoms with Crippen LogP contribution < -0.4 is 5.32 Å². The van der Waals surface area contributed by atoms with Crippen LogP contribution in [0.5, 0.6) is 0 Å². The first-order chi connectivity index (χ1) is 17.0. The van der Waals surface area contributed by atoms with Crippen LogP contribution in [0.1, 0.15) is 37.0 Å². The van der Waals surface area contributed by atoms with Crippen LogP contribution in [0.2, 0.25) is 0 Å². The van der Waals surface area contributed by atoms with Crippen molar-refractivity contribution in [3.05, 3.63) is 107 Å². The van der Waals surface area contributed by atoms with Gasteiger partial charge in [-0.15, -0.1) is 11.8 Å². The average molecular weight is 493 g/mol. The molecule has 0 spiro atoms. The average Bonchev–Trinajstić information content (AvgIpc) is 2.88. The molecule has 0 aliphatic carbocycles. The van der Waals surface area contributed by atoms with Gasteiger partial charge in [-0.05, 0) is 36.1 Å². The van der Waals surface area contributed by atoms with Crippen LogP contribution in [-0.2, 0) is 28.3 Å². The highest BCUT2D eigenvalue weighted by molar-refractivity contribution is 7.99.